The van der Waals surface area contributed by atoms with Crippen molar-refractivity contribution in [2.24, 2.45) is 5.84 Å². The van der Waals surface area contributed by atoms with Crippen LogP contribution in [0.25, 0.3) is 0 Å². The normalized spacial score (nSPS) is 17.9. The number of hydrogen-bond donors (Lipinski definition) is 2. The van der Waals surface area contributed by atoms with Crippen LogP contribution in [0.4, 0.5) is 0 Å². The standard InChI is InChI=1S/C7H15N3O/c8-9-4-2-6-10-5-1-3-7(10)11/h9H,1-6,8H2. The molecule has 1 aliphatic heterocycles. The summed E-state index contributed by atoms with van der Waals surface area (Å²) in [5, 5.41) is 0. The maximum Gasteiger partial charge on any atom is 0.222 e. The fourth-order valence-corrected chi connectivity index (χ4v) is 1.31. The fourth-order valence-electron chi connectivity index (χ4n) is 1.31. The highest BCUT2D eigenvalue weighted by Crippen LogP contribution is 2.08. The molecule has 1 rings (SSSR count). The average Bonchev–Trinajstić information content (AvgIpc) is 2.37. The fraction of sp³-hybridized carbons (Fsp3) is 0.857. The summed E-state index contributed by atoms with van der Waals surface area (Å²) in [5.41, 5.74) is 2.57. The molecule has 0 bridgehead atoms. The molecule has 0 aliphatic carbocycles. The summed E-state index contributed by atoms with van der Waals surface area (Å²) in [6, 6.07) is 0. The van der Waals surface area contributed by atoms with Crippen LogP contribution < -0.4 is 11.3 Å². The Morgan fingerprint density at radius 1 is 1.64 bits per heavy atom. The molecular weight excluding hydrogens is 142 g/mol. The van der Waals surface area contributed by atoms with Crippen molar-refractivity contribution < 1.29 is 4.79 Å². The molecule has 0 aromatic heterocycles. The van der Waals surface area contributed by atoms with Crippen LogP contribution in [-0.2, 0) is 4.79 Å². The van der Waals surface area contributed by atoms with Gasteiger partial charge in [0.25, 0.3) is 0 Å². The number of rotatable bonds is 4. The zero-order chi connectivity index (χ0) is 8.10. The van der Waals surface area contributed by atoms with Crippen molar-refractivity contribution in [1.82, 2.24) is 10.3 Å². The number of amides is 1. The summed E-state index contributed by atoms with van der Waals surface area (Å²) in [5.74, 6) is 5.39. The Morgan fingerprint density at radius 2 is 2.45 bits per heavy atom. The van der Waals surface area contributed by atoms with Crippen LogP contribution >= 0.6 is 0 Å². The van der Waals surface area contributed by atoms with Gasteiger partial charge in [0.15, 0.2) is 0 Å². The first kappa shape index (κ1) is 8.49. The molecule has 1 amide bonds. The molecule has 3 N–H and O–H groups in total. The second-order valence-electron chi connectivity index (χ2n) is 2.79. The highest BCUT2D eigenvalue weighted by atomic mass is 16.2. The molecular formula is C7H15N3O. The molecule has 0 aromatic carbocycles. The van der Waals surface area contributed by atoms with Crippen LogP contribution in [0.3, 0.4) is 0 Å². The molecule has 1 aliphatic rings. The van der Waals surface area contributed by atoms with Crippen LogP contribution in [0.5, 0.6) is 0 Å². The monoisotopic (exact) mass is 157 g/mol. The zero-order valence-electron chi connectivity index (χ0n) is 6.68. The molecule has 64 valence electrons. The Morgan fingerprint density at radius 3 is 3.00 bits per heavy atom. The SMILES string of the molecule is NNCCCN1CCCC1=O. The molecule has 1 heterocycles. The number of hydrogen-bond acceptors (Lipinski definition) is 3. The molecule has 4 heteroatoms. The lowest BCUT2D eigenvalue weighted by molar-refractivity contribution is -0.127. The van der Waals surface area contributed by atoms with Gasteiger partial charge in [-0.05, 0) is 12.8 Å². The van der Waals surface area contributed by atoms with Crippen LogP contribution in [-0.4, -0.2) is 30.4 Å². The van der Waals surface area contributed by atoms with Gasteiger partial charge in [-0.1, -0.05) is 0 Å². The molecule has 0 atom stereocenters. The van der Waals surface area contributed by atoms with Crippen molar-refractivity contribution >= 4 is 5.91 Å². The maximum absolute atomic E-state index is 11.0. The quantitative estimate of drug-likeness (QED) is 0.327. The van der Waals surface area contributed by atoms with Crippen molar-refractivity contribution in [1.29, 1.82) is 0 Å². The van der Waals surface area contributed by atoms with E-state index >= 15 is 0 Å². The summed E-state index contributed by atoms with van der Waals surface area (Å²) in [4.78, 5) is 12.9. The number of likely N-dealkylation sites (tertiary alicyclic amines) is 1. The number of nitrogens with one attached hydrogen (secondary N) is 1. The smallest absolute Gasteiger partial charge is 0.222 e. The van der Waals surface area contributed by atoms with E-state index in [1.54, 1.807) is 0 Å². The van der Waals surface area contributed by atoms with E-state index in [4.69, 9.17) is 5.84 Å². The molecule has 4 nitrogen and oxygen atoms in total. The number of carbonyl (C=O) groups is 1. The van der Waals surface area contributed by atoms with Gasteiger partial charge >= 0.3 is 0 Å². The van der Waals surface area contributed by atoms with E-state index in [1.165, 1.54) is 0 Å². The number of nitrogens with zero attached hydrogens (tertiary/aromatic N) is 1. The van der Waals surface area contributed by atoms with Gasteiger partial charge in [0.1, 0.15) is 0 Å². The third kappa shape index (κ3) is 2.48. The minimum Gasteiger partial charge on any atom is -0.343 e. The number of nitrogens with two attached hydrogens (primary N) is 1. The van der Waals surface area contributed by atoms with Gasteiger partial charge in [0.2, 0.25) is 5.91 Å². The molecule has 0 saturated carbocycles. The third-order valence-electron chi connectivity index (χ3n) is 1.92. The van der Waals surface area contributed by atoms with Crippen molar-refractivity contribution in [2.45, 2.75) is 19.3 Å². The molecule has 11 heavy (non-hydrogen) atoms. The van der Waals surface area contributed by atoms with E-state index in [0.717, 1.165) is 38.9 Å². The topological polar surface area (TPSA) is 58.4 Å². The van der Waals surface area contributed by atoms with E-state index in [9.17, 15) is 4.79 Å². The van der Waals surface area contributed by atoms with Crippen molar-refractivity contribution in [3.05, 3.63) is 0 Å². The van der Waals surface area contributed by atoms with Gasteiger partial charge < -0.3 is 4.90 Å². The van der Waals surface area contributed by atoms with Crippen LogP contribution in [0.1, 0.15) is 19.3 Å². The summed E-state index contributed by atoms with van der Waals surface area (Å²) < 4.78 is 0. The number of hydrazine groups is 1. The Kier molecular flexibility index (Phi) is 3.32. The average molecular weight is 157 g/mol. The molecule has 0 spiro atoms. The predicted molar refractivity (Wildman–Crippen MR) is 42.6 cm³/mol. The largest absolute Gasteiger partial charge is 0.343 e. The summed E-state index contributed by atoms with van der Waals surface area (Å²) in [6.07, 6.45) is 2.70. The summed E-state index contributed by atoms with van der Waals surface area (Å²) in [6.45, 7) is 2.57. The van der Waals surface area contributed by atoms with Gasteiger partial charge in [-0.15, -0.1) is 0 Å². The van der Waals surface area contributed by atoms with Gasteiger partial charge in [-0.3, -0.25) is 16.1 Å². The zero-order valence-corrected chi connectivity index (χ0v) is 6.68. The lowest BCUT2D eigenvalue weighted by Crippen LogP contribution is -2.30. The van der Waals surface area contributed by atoms with E-state index in [1.807, 2.05) is 4.90 Å². The molecule has 0 aromatic rings. The third-order valence-corrected chi connectivity index (χ3v) is 1.92. The Bertz CT molecular complexity index is 138. The van der Waals surface area contributed by atoms with Crippen LogP contribution in [0, 0.1) is 0 Å². The summed E-state index contributed by atoms with van der Waals surface area (Å²) in [7, 11) is 0. The summed E-state index contributed by atoms with van der Waals surface area (Å²) >= 11 is 0. The van der Waals surface area contributed by atoms with E-state index in [0.29, 0.717) is 5.91 Å². The Hall–Kier alpha value is -0.610. The highest BCUT2D eigenvalue weighted by Gasteiger charge is 2.18. The molecule has 0 radical (unpaired) electrons. The van der Waals surface area contributed by atoms with Crippen molar-refractivity contribution in [2.75, 3.05) is 19.6 Å². The van der Waals surface area contributed by atoms with Gasteiger partial charge in [-0.25, -0.2) is 0 Å². The lowest BCUT2D eigenvalue weighted by atomic mass is 10.4. The number of carbonyl (C=O) groups excluding carboxylic acids is 1. The first-order valence-corrected chi connectivity index (χ1v) is 4.06. The van der Waals surface area contributed by atoms with Crippen LogP contribution in [0.15, 0.2) is 0 Å². The van der Waals surface area contributed by atoms with Crippen molar-refractivity contribution in [3.63, 3.8) is 0 Å². The lowest BCUT2D eigenvalue weighted by Gasteiger charge is -2.14. The van der Waals surface area contributed by atoms with E-state index in [2.05, 4.69) is 5.43 Å². The highest BCUT2D eigenvalue weighted by molar-refractivity contribution is 5.77. The second kappa shape index (κ2) is 4.31. The van der Waals surface area contributed by atoms with E-state index in [-0.39, 0.29) is 0 Å². The Labute approximate surface area is 66.7 Å². The molecule has 0 unspecified atom stereocenters. The molecule has 1 fully saturated rings. The predicted octanol–water partition coefficient (Wildman–Crippen LogP) is -0.538. The molecule has 1 saturated heterocycles. The van der Waals surface area contributed by atoms with Crippen molar-refractivity contribution in [3.8, 4) is 0 Å². The maximum atomic E-state index is 11.0. The first-order chi connectivity index (χ1) is 5.34. The van der Waals surface area contributed by atoms with Gasteiger partial charge in [0, 0.05) is 26.1 Å². The van der Waals surface area contributed by atoms with Crippen LogP contribution in [0.2, 0.25) is 0 Å². The Balaban J connectivity index is 2.10. The minimum atomic E-state index is 0.294. The minimum absolute atomic E-state index is 0.294. The van der Waals surface area contributed by atoms with E-state index < -0.39 is 0 Å². The van der Waals surface area contributed by atoms with Gasteiger partial charge in [0.05, 0.1) is 0 Å². The first-order valence-electron chi connectivity index (χ1n) is 4.06. The van der Waals surface area contributed by atoms with Gasteiger partial charge in [-0.2, -0.15) is 0 Å². The second-order valence-corrected chi connectivity index (χ2v) is 2.79.